The number of anilines is 2. The summed E-state index contributed by atoms with van der Waals surface area (Å²) >= 11 is 0. The molecule has 1 N–H and O–H groups in total. The standard InChI is InChI=1S/C17H16N2O3/c20-16-10-5-11-19(16)14-8-4-9-15(12-14)22-17(21)18-13-6-2-1-3-7-13/h1-4,6-9,12H,5,10-11H2,(H,18,21). The molecule has 5 nitrogen and oxygen atoms in total. The third-order valence-corrected chi connectivity index (χ3v) is 3.43. The van der Waals surface area contributed by atoms with Crippen LogP contribution in [0.4, 0.5) is 16.2 Å². The molecule has 0 aliphatic carbocycles. The highest BCUT2D eigenvalue weighted by Gasteiger charge is 2.22. The maximum absolute atomic E-state index is 11.9. The van der Waals surface area contributed by atoms with Crippen LogP contribution in [-0.4, -0.2) is 18.5 Å². The Balaban J connectivity index is 1.67. The molecule has 0 saturated carbocycles. The van der Waals surface area contributed by atoms with Crippen molar-refractivity contribution in [2.75, 3.05) is 16.8 Å². The van der Waals surface area contributed by atoms with Crippen molar-refractivity contribution in [3.8, 4) is 5.75 Å². The predicted octanol–water partition coefficient (Wildman–Crippen LogP) is 3.42. The minimum absolute atomic E-state index is 0.103. The third kappa shape index (κ3) is 3.25. The molecule has 2 amide bonds. The fraction of sp³-hybridized carbons (Fsp3) is 0.176. The smallest absolute Gasteiger partial charge is 0.410 e. The van der Waals surface area contributed by atoms with Gasteiger partial charge in [0.05, 0.1) is 0 Å². The number of carbonyl (C=O) groups excluding carboxylic acids is 2. The number of ether oxygens (including phenoxy) is 1. The van der Waals surface area contributed by atoms with Gasteiger partial charge < -0.3 is 9.64 Å². The lowest BCUT2D eigenvalue weighted by Crippen LogP contribution is -2.23. The first-order valence-electron chi connectivity index (χ1n) is 7.17. The van der Waals surface area contributed by atoms with E-state index < -0.39 is 6.09 Å². The van der Waals surface area contributed by atoms with Crippen molar-refractivity contribution in [2.24, 2.45) is 0 Å². The van der Waals surface area contributed by atoms with Crippen LogP contribution in [0, 0.1) is 0 Å². The highest BCUT2D eigenvalue weighted by Crippen LogP contribution is 2.25. The van der Waals surface area contributed by atoms with Crippen molar-refractivity contribution in [1.82, 2.24) is 0 Å². The molecule has 5 heteroatoms. The van der Waals surface area contributed by atoms with Gasteiger partial charge >= 0.3 is 6.09 Å². The molecule has 2 aromatic rings. The first-order chi connectivity index (χ1) is 10.7. The Labute approximate surface area is 128 Å². The maximum atomic E-state index is 11.9. The molecule has 0 bridgehead atoms. The van der Waals surface area contributed by atoms with E-state index in [1.165, 1.54) is 0 Å². The van der Waals surface area contributed by atoms with Gasteiger partial charge in [0.15, 0.2) is 0 Å². The molecular weight excluding hydrogens is 280 g/mol. The zero-order valence-corrected chi connectivity index (χ0v) is 12.0. The van der Waals surface area contributed by atoms with Crippen LogP contribution in [0.3, 0.4) is 0 Å². The van der Waals surface area contributed by atoms with E-state index in [4.69, 9.17) is 4.74 Å². The molecule has 22 heavy (non-hydrogen) atoms. The zero-order chi connectivity index (χ0) is 15.4. The molecule has 1 fully saturated rings. The van der Waals surface area contributed by atoms with Crippen LogP contribution in [0.15, 0.2) is 54.6 Å². The Hall–Kier alpha value is -2.82. The van der Waals surface area contributed by atoms with Crippen LogP contribution in [-0.2, 0) is 4.79 Å². The Bertz CT molecular complexity index is 685. The minimum Gasteiger partial charge on any atom is -0.410 e. The second kappa shape index (κ2) is 6.30. The number of para-hydroxylation sites is 1. The van der Waals surface area contributed by atoms with Crippen molar-refractivity contribution >= 4 is 23.4 Å². The van der Waals surface area contributed by atoms with Gasteiger partial charge in [0, 0.05) is 30.4 Å². The van der Waals surface area contributed by atoms with E-state index in [0.717, 1.165) is 12.1 Å². The Kier molecular flexibility index (Phi) is 4.05. The van der Waals surface area contributed by atoms with Gasteiger partial charge in [-0.05, 0) is 30.7 Å². The molecule has 1 saturated heterocycles. The van der Waals surface area contributed by atoms with E-state index in [-0.39, 0.29) is 5.91 Å². The minimum atomic E-state index is -0.559. The third-order valence-electron chi connectivity index (χ3n) is 3.43. The summed E-state index contributed by atoms with van der Waals surface area (Å²) in [6, 6.07) is 16.1. The SMILES string of the molecule is O=C(Nc1ccccc1)Oc1cccc(N2CCCC2=O)c1. The highest BCUT2D eigenvalue weighted by molar-refractivity contribution is 5.95. The zero-order valence-electron chi connectivity index (χ0n) is 12.0. The monoisotopic (exact) mass is 296 g/mol. The van der Waals surface area contributed by atoms with Gasteiger partial charge in [-0.3, -0.25) is 10.1 Å². The van der Waals surface area contributed by atoms with Crippen molar-refractivity contribution < 1.29 is 14.3 Å². The van der Waals surface area contributed by atoms with Crippen molar-refractivity contribution in [3.63, 3.8) is 0 Å². The maximum Gasteiger partial charge on any atom is 0.417 e. The largest absolute Gasteiger partial charge is 0.417 e. The second-order valence-electron chi connectivity index (χ2n) is 5.03. The lowest BCUT2D eigenvalue weighted by Gasteiger charge is -2.16. The quantitative estimate of drug-likeness (QED) is 0.944. The lowest BCUT2D eigenvalue weighted by molar-refractivity contribution is -0.117. The molecule has 2 aromatic carbocycles. The fourth-order valence-electron chi connectivity index (χ4n) is 2.41. The number of hydrogen-bond donors (Lipinski definition) is 1. The summed E-state index contributed by atoms with van der Waals surface area (Å²) < 4.78 is 5.27. The first kappa shape index (κ1) is 14.1. The summed E-state index contributed by atoms with van der Waals surface area (Å²) in [5.41, 5.74) is 1.42. The summed E-state index contributed by atoms with van der Waals surface area (Å²) in [5.74, 6) is 0.511. The Morgan fingerprint density at radius 3 is 2.64 bits per heavy atom. The summed E-state index contributed by atoms with van der Waals surface area (Å²) in [4.78, 5) is 25.3. The van der Waals surface area contributed by atoms with Gasteiger partial charge in [-0.1, -0.05) is 24.3 Å². The summed E-state index contributed by atoms with van der Waals surface area (Å²) in [7, 11) is 0. The van der Waals surface area contributed by atoms with Crippen LogP contribution in [0.25, 0.3) is 0 Å². The van der Waals surface area contributed by atoms with Crippen LogP contribution in [0.1, 0.15) is 12.8 Å². The van der Waals surface area contributed by atoms with Gasteiger partial charge in [0.25, 0.3) is 0 Å². The molecule has 1 heterocycles. The van der Waals surface area contributed by atoms with Crippen molar-refractivity contribution in [3.05, 3.63) is 54.6 Å². The van der Waals surface area contributed by atoms with Gasteiger partial charge in [-0.25, -0.2) is 4.79 Å². The lowest BCUT2D eigenvalue weighted by atomic mass is 10.3. The summed E-state index contributed by atoms with van der Waals surface area (Å²) in [5, 5.41) is 2.65. The van der Waals surface area contributed by atoms with Gasteiger partial charge in [0.2, 0.25) is 5.91 Å². The number of nitrogens with one attached hydrogen (secondary N) is 1. The molecule has 0 atom stereocenters. The van der Waals surface area contributed by atoms with E-state index in [1.54, 1.807) is 35.2 Å². The average molecular weight is 296 g/mol. The fourth-order valence-corrected chi connectivity index (χ4v) is 2.41. The Morgan fingerprint density at radius 2 is 1.91 bits per heavy atom. The molecule has 1 aliphatic rings. The van der Waals surface area contributed by atoms with Crippen LogP contribution < -0.4 is 15.0 Å². The highest BCUT2D eigenvalue weighted by atomic mass is 16.6. The van der Waals surface area contributed by atoms with Gasteiger partial charge in [-0.2, -0.15) is 0 Å². The number of nitrogens with zero attached hydrogens (tertiary/aromatic N) is 1. The van der Waals surface area contributed by atoms with E-state index in [1.807, 2.05) is 24.3 Å². The van der Waals surface area contributed by atoms with Crippen molar-refractivity contribution in [1.29, 1.82) is 0 Å². The van der Waals surface area contributed by atoms with Gasteiger partial charge in [-0.15, -0.1) is 0 Å². The first-order valence-corrected chi connectivity index (χ1v) is 7.17. The van der Waals surface area contributed by atoms with Crippen LogP contribution in [0.2, 0.25) is 0 Å². The van der Waals surface area contributed by atoms with E-state index >= 15 is 0 Å². The number of carbonyl (C=O) groups is 2. The molecule has 3 rings (SSSR count). The van der Waals surface area contributed by atoms with Gasteiger partial charge in [0.1, 0.15) is 5.75 Å². The number of rotatable bonds is 3. The summed E-state index contributed by atoms with van der Waals surface area (Å²) in [6.07, 6.45) is 0.869. The van der Waals surface area contributed by atoms with E-state index in [9.17, 15) is 9.59 Å². The number of benzene rings is 2. The molecule has 112 valence electrons. The van der Waals surface area contributed by atoms with Crippen molar-refractivity contribution in [2.45, 2.75) is 12.8 Å². The summed E-state index contributed by atoms with van der Waals surface area (Å²) in [6.45, 7) is 0.707. The molecule has 0 aromatic heterocycles. The molecule has 1 aliphatic heterocycles. The van der Waals surface area contributed by atoms with Crippen LogP contribution in [0.5, 0.6) is 5.75 Å². The van der Waals surface area contributed by atoms with E-state index in [2.05, 4.69) is 5.32 Å². The van der Waals surface area contributed by atoms with E-state index in [0.29, 0.717) is 24.4 Å². The second-order valence-corrected chi connectivity index (χ2v) is 5.03. The molecule has 0 radical (unpaired) electrons. The Morgan fingerprint density at radius 1 is 1.09 bits per heavy atom. The normalized spacial score (nSPS) is 14.0. The topological polar surface area (TPSA) is 58.6 Å². The predicted molar refractivity (Wildman–Crippen MR) is 84.1 cm³/mol. The van der Waals surface area contributed by atoms with Crippen LogP contribution >= 0.6 is 0 Å². The molecule has 0 unspecified atom stereocenters. The molecular formula is C17H16N2O3. The number of amides is 2. The molecule has 0 spiro atoms. The average Bonchev–Trinajstić information content (AvgIpc) is 2.94. The number of hydrogen-bond acceptors (Lipinski definition) is 3.